The smallest absolute Gasteiger partial charge is 0.159 e. The molecule has 0 spiro atoms. The molecule has 3 aromatic heterocycles. The molecule has 0 saturated carbocycles. The molecule has 7 nitrogen and oxygen atoms in total. The second-order valence-corrected chi connectivity index (χ2v) is 12.3. The van der Waals surface area contributed by atoms with Crippen LogP contribution in [0.3, 0.4) is 0 Å². The van der Waals surface area contributed by atoms with E-state index in [1.54, 1.807) is 16.9 Å². The molecule has 1 aliphatic carbocycles. The molecule has 1 aliphatic heterocycles. The van der Waals surface area contributed by atoms with Gasteiger partial charge in [-0.05, 0) is 54.4 Å². The lowest BCUT2D eigenvalue weighted by Crippen LogP contribution is -2.36. The predicted octanol–water partition coefficient (Wildman–Crippen LogP) is 4.63. The van der Waals surface area contributed by atoms with Crippen LogP contribution in [0.15, 0.2) is 30.6 Å². The second-order valence-electron chi connectivity index (χ2n) is 12.3. The van der Waals surface area contributed by atoms with Crippen molar-refractivity contribution in [1.29, 1.82) is 5.26 Å². The first kappa shape index (κ1) is 29.1. The van der Waals surface area contributed by atoms with Crippen LogP contribution in [-0.4, -0.2) is 55.8 Å². The number of alkyl halides is 1. The Morgan fingerprint density at radius 1 is 1.07 bits per heavy atom. The van der Waals surface area contributed by atoms with Crippen LogP contribution in [-0.2, 0) is 13.0 Å². The molecule has 1 aromatic carbocycles. The minimum atomic E-state index is -0.878. The van der Waals surface area contributed by atoms with Crippen molar-refractivity contribution in [3.05, 3.63) is 75.2 Å². The second kappa shape index (κ2) is 12.0. The molecule has 0 bridgehead atoms. The monoisotopic (exact) mass is 587 g/mol. The predicted molar refractivity (Wildman–Crippen MR) is 159 cm³/mol. The number of fused-ring (bicyclic) bond motifs is 2. The summed E-state index contributed by atoms with van der Waals surface area (Å²) in [5, 5.41) is 22.6. The highest BCUT2D eigenvalue weighted by Gasteiger charge is 2.30. The largest absolute Gasteiger partial charge is 0.301 e. The maximum atomic E-state index is 13.9. The molecular formula is C33H36F3N7. The van der Waals surface area contributed by atoms with Crippen LogP contribution in [0.5, 0.6) is 0 Å². The number of nitrogens with zero attached hydrogens (tertiary/aromatic N) is 7. The summed E-state index contributed by atoms with van der Waals surface area (Å²) >= 11 is 0. The fourth-order valence-electron chi connectivity index (χ4n) is 6.61. The van der Waals surface area contributed by atoms with Crippen LogP contribution in [0.1, 0.15) is 68.0 Å². The Hall–Kier alpha value is -3.97. The van der Waals surface area contributed by atoms with E-state index in [4.69, 9.17) is 10.1 Å². The third-order valence-corrected chi connectivity index (χ3v) is 8.78. The van der Waals surface area contributed by atoms with E-state index < -0.39 is 11.6 Å². The molecule has 1 fully saturated rings. The highest BCUT2D eigenvalue weighted by molar-refractivity contribution is 5.84. The summed E-state index contributed by atoms with van der Waals surface area (Å²) in [4.78, 5) is 7.22. The maximum Gasteiger partial charge on any atom is 0.159 e. The van der Waals surface area contributed by atoms with E-state index >= 15 is 0 Å². The van der Waals surface area contributed by atoms with E-state index in [1.807, 2.05) is 10.9 Å². The molecule has 2 aliphatic rings. The summed E-state index contributed by atoms with van der Waals surface area (Å²) in [6, 6.07) is 6.56. The van der Waals surface area contributed by atoms with Gasteiger partial charge < -0.3 is 4.90 Å². The van der Waals surface area contributed by atoms with Crippen molar-refractivity contribution in [1.82, 2.24) is 29.4 Å². The van der Waals surface area contributed by atoms with Gasteiger partial charge in [0.2, 0.25) is 0 Å². The van der Waals surface area contributed by atoms with Gasteiger partial charge in [-0.25, -0.2) is 22.8 Å². The Bertz CT molecular complexity index is 1810. The summed E-state index contributed by atoms with van der Waals surface area (Å²) in [6.45, 7) is 8.45. The SMILES string of the molecule is CC(C)Cc1nc2c(cnn2C2CCN(CCF)CC2)c(C2C=c3cnn(Cc4ccc(F)c(F)c4)c3=CC2C)c1C#N. The van der Waals surface area contributed by atoms with E-state index in [2.05, 4.69) is 49.0 Å². The summed E-state index contributed by atoms with van der Waals surface area (Å²) < 4.78 is 44.1. The van der Waals surface area contributed by atoms with Gasteiger partial charge in [-0.3, -0.25) is 4.68 Å². The molecule has 43 heavy (non-hydrogen) atoms. The Morgan fingerprint density at radius 2 is 1.86 bits per heavy atom. The third-order valence-electron chi connectivity index (χ3n) is 8.78. The molecule has 0 radical (unpaired) electrons. The number of likely N-dealkylation sites (tertiary alicyclic amines) is 1. The molecular weight excluding hydrogens is 551 g/mol. The van der Waals surface area contributed by atoms with Crippen molar-refractivity contribution >= 4 is 23.2 Å². The van der Waals surface area contributed by atoms with Crippen LogP contribution in [0, 0.1) is 34.8 Å². The topological polar surface area (TPSA) is 75.6 Å². The van der Waals surface area contributed by atoms with E-state index in [9.17, 15) is 18.4 Å². The van der Waals surface area contributed by atoms with Gasteiger partial charge in [0.15, 0.2) is 17.3 Å². The first-order chi connectivity index (χ1) is 20.8. The first-order valence-corrected chi connectivity index (χ1v) is 15.0. The minimum absolute atomic E-state index is 0.0183. The van der Waals surface area contributed by atoms with Crippen molar-refractivity contribution in [2.24, 2.45) is 11.8 Å². The van der Waals surface area contributed by atoms with Gasteiger partial charge in [0.1, 0.15) is 12.7 Å². The Kier molecular flexibility index (Phi) is 8.10. The van der Waals surface area contributed by atoms with Crippen LogP contribution in [0.4, 0.5) is 13.2 Å². The summed E-state index contributed by atoms with van der Waals surface area (Å²) in [6.07, 6.45) is 10.4. The van der Waals surface area contributed by atoms with Crippen LogP contribution in [0.2, 0.25) is 0 Å². The molecule has 4 heterocycles. The lowest BCUT2D eigenvalue weighted by Gasteiger charge is -2.31. The fraction of sp³-hybridized carbons (Fsp3) is 0.455. The molecule has 0 amide bonds. The number of pyridine rings is 1. The molecule has 4 aromatic rings. The lowest BCUT2D eigenvalue weighted by molar-refractivity contribution is 0.171. The fourth-order valence-corrected chi connectivity index (χ4v) is 6.61. The third kappa shape index (κ3) is 5.58. The lowest BCUT2D eigenvalue weighted by atomic mass is 9.80. The van der Waals surface area contributed by atoms with Crippen molar-refractivity contribution in [2.45, 2.75) is 58.5 Å². The highest BCUT2D eigenvalue weighted by Crippen LogP contribution is 2.38. The zero-order chi connectivity index (χ0) is 30.2. The number of aromatic nitrogens is 5. The van der Waals surface area contributed by atoms with Crippen molar-refractivity contribution < 1.29 is 13.2 Å². The van der Waals surface area contributed by atoms with E-state index in [0.717, 1.165) is 64.9 Å². The molecule has 6 rings (SSSR count). The first-order valence-electron chi connectivity index (χ1n) is 15.0. The minimum Gasteiger partial charge on any atom is -0.301 e. The average Bonchev–Trinajstić information content (AvgIpc) is 3.58. The highest BCUT2D eigenvalue weighted by atomic mass is 19.2. The zero-order valence-corrected chi connectivity index (χ0v) is 24.8. The molecule has 10 heteroatoms. The van der Waals surface area contributed by atoms with Gasteiger partial charge in [0.25, 0.3) is 0 Å². The number of nitriles is 1. The summed E-state index contributed by atoms with van der Waals surface area (Å²) in [5.41, 5.74) is 3.76. The van der Waals surface area contributed by atoms with Gasteiger partial charge in [0, 0.05) is 36.2 Å². The van der Waals surface area contributed by atoms with Crippen molar-refractivity contribution in [3.63, 3.8) is 0 Å². The van der Waals surface area contributed by atoms with Gasteiger partial charge in [-0.15, -0.1) is 0 Å². The van der Waals surface area contributed by atoms with Gasteiger partial charge >= 0.3 is 0 Å². The number of hydrogen-bond acceptors (Lipinski definition) is 5. The van der Waals surface area contributed by atoms with Crippen molar-refractivity contribution in [3.8, 4) is 6.07 Å². The van der Waals surface area contributed by atoms with Gasteiger partial charge in [-0.2, -0.15) is 15.5 Å². The van der Waals surface area contributed by atoms with Crippen LogP contribution < -0.4 is 10.6 Å². The normalized spacial score (nSPS) is 19.3. The maximum absolute atomic E-state index is 13.9. The standard InChI is InChI=1S/C33H36F3N7/c1-20(2)12-30-26(16-37)32(27-18-39-43(33(27)40-30)24-6-9-41(10-7-24)11-8-34)25-15-23-17-38-42(31(23)13-21(25)3)19-22-4-5-28(35)29(36)14-22/h4-5,13-15,17-18,20-21,24-25H,6-12,19H2,1-3H3. The Morgan fingerprint density at radius 3 is 2.56 bits per heavy atom. The van der Waals surface area contributed by atoms with Crippen LogP contribution >= 0.6 is 0 Å². The Balaban J connectivity index is 1.42. The molecule has 224 valence electrons. The zero-order valence-electron chi connectivity index (χ0n) is 24.8. The quantitative estimate of drug-likeness (QED) is 0.301. The molecule has 1 saturated heterocycles. The number of benzene rings is 1. The van der Waals surface area contributed by atoms with Gasteiger partial charge in [0.05, 0.1) is 41.6 Å². The number of hydrogen-bond donors (Lipinski definition) is 0. The van der Waals surface area contributed by atoms with E-state index in [1.165, 1.54) is 6.07 Å². The van der Waals surface area contributed by atoms with Crippen LogP contribution in [0.25, 0.3) is 23.2 Å². The molecule has 2 unspecified atom stereocenters. The molecule has 0 N–H and O–H groups in total. The van der Waals surface area contributed by atoms with E-state index in [-0.39, 0.29) is 24.6 Å². The van der Waals surface area contributed by atoms with E-state index in [0.29, 0.717) is 36.6 Å². The summed E-state index contributed by atoms with van der Waals surface area (Å²) in [7, 11) is 0. The molecule has 2 atom stereocenters. The Labute approximate surface area is 248 Å². The number of piperidine rings is 1. The number of halogens is 3. The van der Waals surface area contributed by atoms with Crippen molar-refractivity contribution in [2.75, 3.05) is 26.3 Å². The van der Waals surface area contributed by atoms with Gasteiger partial charge in [-0.1, -0.05) is 39.0 Å². The number of rotatable bonds is 8. The summed E-state index contributed by atoms with van der Waals surface area (Å²) in [5.74, 6) is -1.53. The average molecular weight is 588 g/mol.